The molecule has 0 unspecified atom stereocenters. The summed E-state index contributed by atoms with van der Waals surface area (Å²) in [6.45, 7) is 2.41. The third-order valence-electron chi connectivity index (χ3n) is 6.41. The molecule has 0 radical (unpaired) electrons. The Morgan fingerprint density at radius 1 is 1.12 bits per heavy atom. The van der Waals surface area contributed by atoms with Crippen LogP contribution in [0.5, 0.6) is 5.75 Å². The van der Waals surface area contributed by atoms with E-state index in [-0.39, 0.29) is 32.1 Å². The molecule has 1 saturated heterocycles. The number of carboxylic acids is 1. The number of piperazine rings is 1. The normalized spacial score (nSPS) is 15.4. The van der Waals surface area contributed by atoms with Crippen molar-refractivity contribution in [1.29, 1.82) is 0 Å². The number of carboxylic acid groups (broad SMARTS) is 1. The Bertz CT molecular complexity index is 1440. The monoisotopic (exact) mass is 582 g/mol. The lowest BCUT2D eigenvalue weighted by Crippen LogP contribution is -2.52. The number of hydrogen-bond acceptors (Lipinski definition) is 7. The summed E-state index contributed by atoms with van der Waals surface area (Å²) in [5.74, 6) is -0.298. The molecule has 0 bridgehead atoms. The molecule has 1 fully saturated rings. The minimum Gasteiger partial charge on any atom is -0.487 e. The molecule has 1 aliphatic heterocycles. The molecular weight excluding hydrogens is 553 g/mol. The van der Waals surface area contributed by atoms with E-state index < -0.39 is 34.5 Å². The zero-order valence-electron chi connectivity index (χ0n) is 21.9. The van der Waals surface area contributed by atoms with Gasteiger partial charge in [0.15, 0.2) is 0 Å². The standard InChI is InChI=1S/C26H29F3N4O6S/c1-18-23(30-25(39-18)20-6-8-21(9-7-20)26(27,28)29)17-38-22-5-3-4-19(14-22)15-33(16-24(34)35)40(36,37)32-12-10-31(2)11-13-32/h3-9,14H,10-13,15-17H2,1-2H3,(H,34,35). The van der Waals surface area contributed by atoms with Gasteiger partial charge in [0.25, 0.3) is 10.2 Å². The Kier molecular flexibility index (Phi) is 8.83. The predicted octanol–water partition coefficient (Wildman–Crippen LogP) is 3.63. The van der Waals surface area contributed by atoms with E-state index >= 15 is 0 Å². The maximum absolute atomic E-state index is 13.2. The second-order valence-corrected chi connectivity index (χ2v) is 11.3. The highest BCUT2D eigenvalue weighted by Crippen LogP contribution is 2.31. The van der Waals surface area contributed by atoms with Crippen LogP contribution in [0.4, 0.5) is 13.2 Å². The molecule has 0 saturated carbocycles. The van der Waals surface area contributed by atoms with Gasteiger partial charge in [-0.3, -0.25) is 4.79 Å². The van der Waals surface area contributed by atoms with Crippen LogP contribution < -0.4 is 4.74 Å². The lowest BCUT2D eigenvalue weighted by molar-refractivity contribution is -0.138. The highest BCUT2D eigenvalue weighted by Gasteiger charge is 2.33. The first-order valence-electron chi connectivity index (χ1n) is 12.3. The first kappa shape index (κ1) is 29.5. The van der Waals surface area contributed by atoms with E-state index in [2.05, 4.69) is 4.98 Å². The summed E-state index contributed by atoms with van der Waals surface area (Å²) in [6.07, 6.45) is -4.45. The van der Waals surface area contributed by atoms with Crippen LogP contribution in [0.2, 0.25) is 0 Å². The number of benzene rings is 2. The van der Waals surface area contributed by atoms with E-state index in [1.807, 2.05) is 11.9 Å². The molecule has 1 N–H and O–H groups in total. The minimum absolute atomic E-state index is 0.0160. The lowest BCUT2D eigenvalue weighted by Gasteiger charge is -2.34. The fourth-order valence-corrected chi connectivity index (χ4v) is 5.67. The van der Waals surface area contributed by atoms with Crippen molar-refractivity contribution in [3.63, 3.8) is 0 Å². The zero-order chi connectivity index (χ0) is 29.1. The number of hydrogen-bond donors (Lipinski definition) is 1. The van der Waals surface area contributed by atoms with E-state index in [0.717, 1.165) is 16.4 Å². The Balaban J connectivity index is 1.44. The topological polar surface area (TPSA) is 116 Å². The van der Waals surface area contributed by atoms with Gasteiger partial charge in [0.2, 0.25) is 5.89 Å². The highest BCUT2D eigenvalue weighted by atomic mass is 32.2. The van der Waals surface area contributed by atoms with Crippen LogP contribution in [0.15, 0.2) is 52.9 Å². The molecule has 0 spiro atoms. The van der Waals surface area contributed by atoms with Gasteiger partial charge in [0, 0.05) is 38.3 Å². The van der Waals surface area contributed by atoms with Crippen molar-refractivity contribution in [3.05, 3.63) is 71.1 Å². The average Bonchev–Trinajstić information content (AvgIpc) is 3.27. The third-order valence-corrected chi connectivity index (χ3v) is 8.34. The van der Waals surface area contributed by atoms with Crippen molar-refractivity contribution in [3.8, 4) is 17.2 Å². The number of rotatable bonds is 10. The summed E-state index contributed by atoms with van der Waals surface area (Å²) >= 11 is 0. The van der Waals surface area contributed by atoms with Crippen LogP contribution in [0.3, 0.4) is 0 Å². The molecule has 2 heterocycles. The first-order chi connectivity index (χ1) is 18.8. The van der Waals surface area contributed by atoms with E-state index in [4.69, 9.17) is 9.15 Å². The van der Waals surface area contributed by atoms with Crippen LogP contribution in [-0.2, 0) is 34.3 Å². The number of nitrogens with zero attached hydrogens (tertiary/aromatic N) is 4. The van der Waals surface area contributed by atoms with Gasteiger partial charge < -0.3 is 19.2 Å². The number of alkyl halides is 3. The molecule has 14 heteroatoms. The Morgan fingerprint density at radius 2 is 1.80 bits per heavy atom. The fourth-order valence-electron chi connectivity index (χ4n) is 4.13. The van der Waals surface area contributed by atoms with E-state index in [9.17, 15) is 31.5 Å². The summed E-state index contributed by atoms with van der Waals surface area (Å²) in [5.41, 5.74) is 0.565. The summed E-state index contributed by atoms with van der Waals surface area (Å²) in [7, 11) is -2.13. The van der Waals surface area contributed by atoms with Gasteiger partial charge in [-0.15, -0.1) is 0 Å². The van der Waals surface area contributed by atoms with Gasteiger partial charge in [0.1, 0.15) is 30.4 Å². The second-order valence-electron chi connectivity index (χ2n) is 9.40. The van der Waals surface area contributed by atoms with Gasteiger partial charge >= 0.3 is 12.1 Å². The van der Waals surface area contributed by atoms with Crippen LogP contribution in [-0.4, -0.2) is 77.8 Å². The van der Waals surface area contributed by atoms with Crippen LogP contribution >= 0.6 is 0 Å². The molecule has 10 nitrogen and oxygen atoms in total. The van der Waals surface area contributed by atoms with Crippen LogP contribution in [0.25, 0.3) is 11.5 Å². The maximum Gasteiger partial charge on any atom is 0.416 e. The fraction of sp³-hybridized carbons (Fsp3) is 0.385. The smallest absolute Gasteiger partial charge is 0.416 e. The molecule has 0 amide bonds. The Morgan fingerprint density at radius 3 is 2.42 bits per heavy atom. The van der Waals surface area contributed by atoms with Gasteiger partial charge in [-0.2, -0.15) is 30.2 Å². The highest BCUT2D eigenvalue weighted by molar-refractivity contribution is 7.86. The van der Waals surface area contributed by atoms with E-state index in [1.165, 1.54) is 16.4 Å². The average molecular weight is 583 g/mol. The molecule has 0 aliphatic carbocycles. The zero-order valence-corrected chi connectivity index (χ0v) is 22.7. The largest absolute Gasteiger partial charge is 0.487 e. The number of likely N-dealkylation sites (N-methyl/N-ethyl adjacent to an activating group) is 1. The number of aromatic nitrogens is 1. The van der Waals surface area contributed by atoms with E-state index in [0.29, 0.717) is 41.4 Å². The first-order valence-corrected chi connectivity index (χ1v) is 13.7. The predicted molar refractivity (Wildman–Crippen MR) is 138 cm³/mol. The quantitative estimate of drug-likeness (QED) is 0.385. The maximum atomic E-state index is 13.2. The number of oxazole rings is 1. The molecule has 1 aromatic heterocycles. The van der Waals surface area contributed by atoms with Crippen molar-refractivity contribution in [2.75, 3.05) is 39.8 Å². The van der Waals surface area contributed by atoms with E-state index in [1.54, 1.807) is 31.2 Å². The van der Waals surface area contributed by atoms with Crippen molar-refractivity contribution in [1.82, 2.24) is 18.5 Å². The molecule has 216 valence electrons. The molecule has 1 aliphatic rings. The Labute approximate surface area is 229 Å². The summed E-state index contributed by atoms with van der Waals surface area (Å²) < 4.78 is 78.6. The summed E-state index contributed by atoms with van der Waals surface area (Å²) in [6, 6.07) is 11.1. The van der Waals surface area contributed by atoms with Gasteiger partial charge in [0.05, 0.1) is 5.56 Å². The second kappa shape index (κ2) is 12.0. The molecule has 0 atom stereocenters. The molecule has 2 aromatic carbocycles. The van der Waals surface area contributed by atoms with Crippen molar-refractivity contribution >= 4 is 16.2 Å². The molecule has 4 rings (SSSR count). The van der Waals surface area contributed by atoms with Crippen molar-refractivity contribution in [2.45, 2.75) is 26.3 Å². The minimum atomic E-state index is -4.45. The van der Waals surface area contributed by atoms with Crippen LogP contribution in [0.1, 0.15) is 22.6 Å². The number of ether oxygens (including phenoxy) is 1. The van der Waals surface area contributed by atoms with Crippen LogP contribution in [0, 0.1) is 6.92 Å². The number of aryl methyl sites for hydroxylation is 1. The van der Waals surface area contributed by atoms with Gasteiger partial charge in [-0.25, -0.2) is 4.98 Å². The number of carbonyl (C=O) groups is 1. The van der Waals surface area contributed by atoms with Crippen molar-refractivity contribution in [2.24, 2.45) is 0 Å². The number of aliphatic carboxylic acids is 1. The third kappa shape index (κ3) is 7.18. The SMILES string of the molecule is Cc1oc(-c2ccc(C(F)(F)F)cc2)nc1COc1cccc(CN(CC(=O)O)S(=O)(=O)N2CCN(C)CC2)c1. The lowest BCUT2D eigenvalue weighted by atomic mass is 10.1. The molecular formula is C26H29F3N4O6S. The number of halogens is 3. The Hall–Kier alpha value is -3.46. The van der Waals surface area contributed by atoms with Gasteiger partial charge in [-0.05, 0) is 55.9 Å². The summed E-state index contributed by atoms with van der Waals surface area (Å²) in [5, 5.41) is 9.37. The molecule has 3 aromatic rings. The van der Waals surface area contributed by atoms with Crippen molar-refractivity contribution < 1.29 is 40.6 Å². The summed E-state index contributed by atoms with van der Waals surface area (Å²) in [4.78, 5) is 17.8. The van der Waals surface area contributed by atoms with Gasteiger partial charge in [-0.1, -0.05) is 12.1 Å². The molecule has 40 heavy (non-hydrogen) atoms.